The van der Waals surface area contributed by atoms with Gasteiger partial charge in [-0.1, -0.05) is 31.7 Å². The highest BCUT2D eigenvalue weighted by Crippen LogP contribution is 2.75. The van der Waals surface area contributed by atoms with Crippen molar-refractivity contribution in [2.24, 2.45) is 45.3 Å². The van der Waals surface area contributed by atoms with Crippen molar-refractivity contribution >= 4 is 57.6 Å². The number of carbonyl (C=O) groups is 6. The van der Waals surface area contributed by atoms with Crippen molar-refractivity contribution in [3.8, 4) is 23.0 Å². The Labute approximate surface area is 373 Å². The molecule has 10 aliphatic rings. The average Bonchev–Trinajstić information content (AvgIpc) is 3.79. The predicted octanol–water partition coefficient (Wildman–Crippen LogP) is 6.86. The molecule has 64 heavy (non-hydrogen) atoms. The highest BCUT2D eigenvalue weighted by atomic mass is 32.2. The van der Waals surface area contributed by atoms with Crippen molar-refractivity contribution in [3.63, 3.8) is 0 Å². The number of thioether (sulfide) groups is 1. The number of ether oxygens (including phenoxy) is 2. The summed E-state index contributed by atoms with van der Waals surface area (Å²) in [5.74, 6) is -5.04. The summed E-state index contributed by atoms with van der Waals surface area (Å²) in [6.45, 7) is 7.97. The van der Waals surface area contributed by atoms with Gasteiger partial charge in [-0.05, 0) is 118 Å². The molecule has 2 aromatic rings. The number of anilines is 2. The van der Waals surface area contributed by atoms with Gasteiger partial charge in [0, 0.05) is 47.2 Å². The summed E-state index contributed by atoms with van der Waals surface area (Å²) >= 11 is 0.956. The number of carbonyl (C=O) groups excluding carboxylic acids is 5. The first-order chi connectivity index (χ1) is 30.1. The Balaban J connectivity index is 0.847. The summed E-state index contributed by atoms with van der Waals surface area (Å²) in [5, 5.41) is 56.6. The minimum atomic E-state index is -1.45. The number of nitrogens with one attached hydrogen (secondary N) is 2. The Kier molecular flexibility index (Phi) is 9.43. The van der Waals surface area contributed by atoms with E-state index in [2.05, 4.69) is 30.6 Å². The molecule has 5 saturated carbocycles. The molecule has 4 saturated heterocycles. The first-order valence-corrected chi connectivity index (χ1v) is 23.2. The third-order valence-electron chi connectivity index (χ3n) is 17.6. The van der Waals surface area contributed by atoms with Gasteiger partial charge in [0.1, 0.15) is 34.2 Å². The largest absolute Gasteiger partial charge is 0.506 e. The number of hydrogen-bond donors (Lipinski definition) is 7. The molecular weight excluding hydrogens is 845 g/mol. The number of amides is 2. The average molecular weight is 899 g/mol. The smallest absolute Gasteiger partial charge is 0.339 e. The van der Waals surface area contributed by atoms with Crippen LogP contribution in [-0.2, 0) is 28.7 Å². The topological polar surface area (TPSA) is 246 Å². The van der Waals surface area contributed by atoms with Gasteiger partial charge >= 0.3 is 5.97 Å². The number of rotatable bonds is 11. The lowest BCUT2D eigenvalue weighted by molar-refractivity contribution is -0.189. The number of phenolic OH excluding ortho intramolecular Hbond substituents is 3. The molecule has 13 atom stereocenters. The number of ketones is 2. The van der Waals surface area contributed by atoms with E-state index in [9.17, 15) is 54.3 Å². The van der Waals surface area contributed by atoms with Gasteiger partial charge in [-0.15, -0.1) is 0 Å². The molecule has 9 fully saturated rings. The maximum absolute atomic E-state index is 14.4. The fourth-order valence-corrected chi connectivity index (χ4v) is 16.3. The molecule has 12 rings (SSSR count). The summed E-state index contributed by atoms with van der Waals surface area (Å²) in [4.78, 5) is 80.9. The molecule has 0 radical (unpaired) electrons. The lowest BCUT2D eigenvalue weighted by Gasteiger charge is -2.60. The van der Waals surface area contributed by atoms with E-state index in [4.69, 9.17) is 9.47 Å². The maximum atomic E-state index is 14.4. The second-order valence-electron chi connectivity index (χ2n) is 21.2. The van der Waals surface area contributed by atoms with Crippen molar-refractivity contribution in [2.75, 3.05) is 10.6 Å². The second kappa shape index (κ2) is 14.0. The highest BCUT2D eigenvalue weighted by molar-refractivity contribution is 8.14. The minimum absolute atomic E-state index is 0.00797. The van der Waals surface area contributed by atoms with Crippen LogP contribution in [0.15, 0.2) is 36.4 Å². The van der Waals surface area contributed by atoms with Crippen molar-refractivity contribution in [1.29, 1.82) is 0 Å². The lowest BCUT2D eigenvalue weighted by Crippen LogP contribution is -2.63. The molecule has 2 aromatic carbocycles. The van der Waals surface area contributed by atoms with Crippen LogP contribution in [0.1, 0.15) is 119 Å². The van der Waals surface area contributed by atoms with Crippen LogP contribution in [0.25, 0.3) is 0 Å². The number of benzene rings is 2. The van der Waals surface area contributed by atoms with Crippen LogP contribution < -0.4 is 10.6 Å². The van der Waals surface area contributed by atoms with Crippen LogP contribution in [0.2, 0.25) is 0 Å². The molecule has 16 heteroatoms. The van der Waals surface area contributed by atoms with E-state index in [1.165, 1.54) is 12.1 Å². The van der Waals surface area contributed by atoms with Crippen molar-refractivity contribution in [2.45, 2.75) is 127 Å². The van der Waals surface area contributed by atoms with E-state index in [1.807, 2.05) is 13.8 Å². The van der Waals surface area contributed by atoms with E-state index >= 15 is 0 Å². The number of carboxylic acids is 1. The number of aromatic carboxylic acids is 1. The molecule has 0 unspecified atom stereocenters. The zero-order valence-electron chi connectivity index (χ0n) is 36.2. The molecule has 4 heterocycles. The summed E-state index contributed by atoms with van der Waals surface area (Å²) in [5.41, 5.74) is -4.72. The zero-order chi connectivity index (χ0) is 45.7. The van der Waals surface area contributed by atoms with E-state index in [0.717, 1.165) is 43.2 Å². The quantitative estimate of drug-likeness (QED) is 0.114. The molecule has 2 amide bonds. The first kappa shape index (κ1) is 43.0. The van der Waals surface area contributed by atoms with Crippen LogP contribution in [0.4, 0.5) is 11.4 Å². The van der Waals surface area contributed by atoms with Gasteiger partial charge in [-0.3, -0.25) is 24.0 Å². The molecule has 0 aromatic heterocycles. The van der Waals surface area contributed by atoms with Crippen LogP contribution in [0.3, 0.4) is 0 Å². The van der Waals surface area contributed by atoms with Gasteiger partial charge in [0.2, 0.25) is 16.9 Å². The van der Waals surface area contributed by atoms with E-state index in [0.29, 0.717) is 25.2 Å². The zero-order valence-corrected chi connectivity index (χ0v) is 37.0. The van der Waals surface area contributed by atoms with E-state index < -0.39 is 84.2 Å². The van der Waals surface area contributed by atoms with Gasteiger partial charge in [0.15, 0.2) is 17.3 Å². The van der Waals surface area contributed by atoms with Gasteiger partial charge in [0.05, 0.1) is 29.0 Å². The summed E-state index contributed by atoms with van der Waals surface area (Å²) in [6, 6.07) is 4.59. The molecule has 6 aliphatic carbocycles. The van der Waals surface area contributed by atoms with Gasteiger partial charge < -0.3 is 45.6 Å². The number of aromatic hydroxyl groups is 4. The number of Topliss-reactive ketones (excluding diaryl/α,β-unsaturated/α-hetero) is 1. The summed E-state index contributed by atoms with van der Waals surface area (Å²) in [7, 11) is 0. The number of phenols is 4. The molecule has 8 bridgehead atoms. The van der Waals surface area contributed by atoms with Crippen LogP contribution in [0.5, 0.6) is 23.0 Å². The van der Waals surface area contributed by atoms with Crippen molar-refractivity contribution in [1.82, 2.24) is 0 Å². The van der Waals surface area contributed by atoms with Gasteiger partial charge in [-0.2, -0.15) is 0 Å². The van der Waals surface area contributed by atoms with Gasteiger partial charge in [-0.25, -0.2) is 4.79 Å². The molecule has 2 spiro atoms. The van der Waals surface area contributed by atoms with Gasteiger partial charge in [0.25, 0.3) is 0 Å². The Bertz CT molecular complexity index is 2510. The summed E-state index contributed by atoms with van der Waals surface area (Å²) in [6.07, 6.45) is 8.05. The molecular formula is C48H54N2O13S. The van der Waals surface area contributed by atoms with Crippen LogP contribution in [-0.4, -0.2) is 88.7 Å². The standard InChI is InChI=1S/C48H54N2O13S/c1-43(30(53)9-14-47-18-22-15-28(39(43)47)62-45(22,3)20-47)12-10-33(55)50-36-27(52)8-6-25(38(36)58)42(61)64-32-17-31(54)44(2,40-29-16-23-19-48(32,40)21-46(23,4)63-29)13-11-34(56)49-35-26(51)7-5-24(37(35)57)41(59)60/h5-9,14,22-23,28-29,32,39-40,51-52,57-58H,10-13,15-21H2,1-4H3,(H,49,56)(H,50,55)(H,59,60)/t22-,23-,28+,29+,32+,39+,40+,43-,44-,45+,46+,47+,48+/m1/s1. The van der Waals surface area contributed by atoms with E-state index in [1.54, 1.807) is 6.08 Å². The second-order valence-corrected chi connectivity index (χ2v) is 22.3. The molecule has 340 valence electrons. The fraction of sp³-hybridized carbons (Fsp3) is 0.583. The van der Waals surface area contributed by atoms with Crippen molar-refractivity contribution in [3.05, 3.63) is 47.5 Å². The van der Waals surface area contributed by atoms with E-state index in [-0.39, 0.29) is 95.9 Å². The monoisotopic (exact) mass is 898 g/mol. The number of hydrogen-bond acceptors (Lipinski definition) is 13. The normalized spacial score (nSPS) is 40.4. The Morgan fingerprint density at radius 2 is 1.28 bits per heavy atom. The third kappa shape index (κ3) is 5.99. The number of allylic oxidation sites excluding steroid dienone is 2. The number of carboxylic acid groups (broad SMARTS) is 1. The lowest BCUT2D eigenvalue weighted by atomic mass is 9.48. The minimum Gasteiger partial charge on any atom is -0.506 e. The molecule has 7 N–H and O–H groups in total. The van der Waals surface area contributed by atoms with Crippen molar-refractivity contribution < 1.29 is 63.8 Å². The predicted molar refractivity (Wildman–Crippen MR) is 231 cm³/mol. The molecule has 4 aliphatic heterocycles. The fourth-order valence-electron chi connectivity index (χ4n) is 15.0. The SMILES string of the molecule is C[C@]12C[C@@]34C=CC(=O)[C@@](C)(CCC(=O)Nc5c(O)ccc(C(=O)S[C@H]6CC(=O)[C@@](C)(CCC(=O)Nc7c(O)ccc(C(=O)O)c7O)[C@@H]7[C@@H]8C[C@@H]9C[C@]67C[C@]9(C)O8)c5O)[C@@H]3[C@H](C[C@@H]1C4)O2. The van der Waals surface area contributed by atoms with Crippen LogP contribution in [0, 0.1) is 45.3 Å². The third-order valence-corrected chi connectivity index (χ3v) is 19.0. The Morgan fingerprint density at radius 1 is 0.734 bits per heavy atom. The Hall–Kier alpha value is -4.93. The van der Waals surface area contributed by atoms with Crippen LogP contribution >= 0.6 is 11.8 Å². The Morgan fingerprint density at radius 3 is 1.88 bits per heavy atom. The molecule has 15 nitrogen and oxygen atoms in total. The highest BCUT2D eigenvalue weighted by Gasteiger charge is 2.76. The first-order valence-electron chi connectivity index (χ1n) is 22.3. The summed E-state index contributed by atoms with van der Waals surface area (Å²) < 4.78 is 13.2. The maximum Gasteiger partial charge on any atom is 0.339 e.